The molecule has 90 valence electrons. The molecule has 2 heteroatoms. The van der Waals surface area contributed by atoms with Gasteiger partial charge in [-0.2, -0.15) is 0 Å². The second-order valence-corrected chi connectivity index (χ2v) is 4.68. The predicted octanol–water partition coefficient (Wildman–Crippen LogP) is 4.68. The summed E-state index contributed by atoms with van der Waals surface area (Å²) in [6.45, 7) is 5.08. The molecule has 0 saturated carbocycles. The summed E-state index contributed by atoms with van der Waals surface area (Å²) in [4.78, 5) is 1.34. The zero-order chi connectivity index (χ0) is 11.8. The van der Waals surface area contributed by atoms with Gasteiger partial charge in [-0.25, -0.2) is 0 Å². The normalized spacial score (nSPS) is 12.7. The number of benzene rings is 1. The number of rotatable bonds is 7. The molecule has 0 fully saturated rings. The standard InChI is InChI=1S/C14H22OS/c1-4-6-10-13(15-5-2)12-9-7-8-11-14(12)16-3/h7-9,11,13H,4-6,10H2,1-3H3. The van der Waals surface area contributed by atoms with E-state index >= 15 is 0 Å². The SMILES string of the molecule is CCCCC(OCC)c1ccccc1SC. The Morgan fingerprint density at radius 3 is 2.62 bits per heavy atom. The first-order valence-corrected chi connectivity index (χ1v) is 7.30. The maximum Gasteiger partial charge on any atom is 0.0835 e. The lowest BCUT2D eigenvalue weighted by atomic mass is 10.0. The summed E-state index contributed by atoms with van der Waals surface area (Å²) in [6, 6.07) is 8.57. The fourth-order valence-electron chi connectivity index (χ4n) is 1.85. The largest absolute Gasteiger partial charge is 0.374 e. The Kier molecular flexibility index (Phi) is 6.58. The predicted molar refractivity (Wildman–Crippen MR) is 72.1 cm³/mol. The number of thioether (sulfide) groups is 1. The van der Waals surface area contributed by atoms with Crippen LogP contribution in [0.1, 0.15) is 44.8 Å². The van der Waals surface area contributed by atoms with E-state index in [4.69, 9.17) is 4.74 Å². The summed E-state index contributed by atoms with van der Waals surface area (Å²) in [7, 11) is 0. The Labute approximate surface area is 104 Å². The van der Waals surface area contributed by atoms with E-state index in [1.807, 2.05) is 0 Å². The summed E-state index contributed by atoms with van der Waals surface area (Å²) in [5, 5.41) is 0. The van der Waals surface area contributed by atoms with Crippen LogP contribution < -0.4 is 0 Å². The monoisotopic (exact) mass is 238 g/mol. The Balaban J connectivity index is 2.81. The molecule has 0 spiro atoms. The number of hydrogen-bond acceptors (Lipinski definition) is 2. The van der Waals surface area contributed by atoms with Gasteiger partial charge in [-0.1, -0.05) is 38.0 Å². The van der Waals surface area contributed by atoms with Crippen LogP contribution in [0.4, 0.5) is 0 Å². The van der Waals surface area contributed by atoms with Crippen molar-refractivity contribution in [3.8, 4) is 0 Å². The van der Waals surface area contributed by atoms with Gasteiger partial charge in [0.1, 0.15) is 0 Å². The van der Waals surface area contributed by atoms with Crippen LogP contribution in [0.25, 0.3) is 0 Å². The molecule has 0 aliphatic rings. The maximum absolute atomic E-state index is 5.86. The number of unbranched alkanes of at least 4 members (excludes halogenated alkanes) is 1. The van der Waals surface area contributed by atoms with E-state index in [2.05, 4.69) is 44.4 Å². The third kappa shape index (κ3) is 3.84. The average Bonchev–Trinajstić information content (AvgIpc) is 2.34. The molecule has 0 heterocycles. The quantitative estimate of drug-likeness (QED) is 0.638. The molecule has 0 bridgehead atoms. The van der Waals surface area contributed by atoms with Crippen LogP contribution in [0, 0.1) is 0 Å². The van der Waals surface area contributed by atoms with Crippen LogP contribution >= 0.6 is 11.8 Å². The zero-order valence-corrected chi connectivity index (χ0v) is 11.3. The molecule has 0 saturated heterocycles. The minimum Gasteiger partial charge on any atom is -0.374 e. The van der Waals surface area contributed by atoms with Gasteiger partial charge < -0.3 is 4.74 Å². The second kappa shape index (κ2) is 7.75. The molecular weight excluding hydrogens is 216 g/mol. The highest BCUT2D eigenvalue weighted by Gasteiger charge is 2.14. The van der Waals surface area contributed by atoms with Gasteiger partial charge in [-0.3, -0.25) is 0 Å². The Morgan fingerprint density at radius 2 is 2.00 bits per heavy atom. The molecule has 1 nitrogen and oxygen atoms in total. The smallest absolute Gasteiger partial charge is 0.0835 e. The number of ether oxygens (including phenoxy) is 1. The molecule has 0 aromatic heterocycles. The van der Waals surface area contributed by atoms with Crippen molar-refractivity contribution in [2.24, 2.45) is 0 Å². The summed E-state index contributed by atoms with van der Waals surface area (Å²) in [5.74, 6) is 0. The lowest BCUT2D eigenvalue weighted by Crippen LogP contribution is -2.05. The molecule has 16 heavy (non-hydrogen) atoms. The van der Waals surface area contributed by atoms with Crippen molar-refractivity contribution in [1.82, 2.24) is 0 Å². The molecule has 0 radical (unpaired) electrons. The van der Waals surface area contributed by atoms with Crippen molar-refractivity contribution in [1.29, 1.82) is 0 Å². The van der Waals surface area contributed by atoms with Crippen LogP contribution in [-0.2, 0) is 4.74 Å². The van der Waals surface area contributed by atoms with E-state index < -0.39 is 0 Å². The van der Waals surface area contributed by atoms with Gasteiger partial charge >= 0.3 is 0 Å². The minimum atomic E-state index is 0.272. The zero-order valence-electron chi connectivity index (χ0n) is 10.5. The Morgan fingerprint density at radius 1 is 1.25 bits per heavy atom. The van der Waals surface area contributed by atoms with Crippen molar-refractivity contribution >= 4 is 11.8 Å². The second-order valence-electron chi connectivity index (χ2n) is 3.83. The highest BCUT2D eigenvalue weighted by molar-refractivity contribution is 7.98. The van der Waals surface area contributed by atoms with Crippen LogP contribution in [0.2, 0.25) is 0 Å². The first-order valence-electron chi connectivity index (χ1n) is 6.08. The van der Waals surface area contributed by atoms with Gasteiger partial charge in [-0.15, -0.1) is 11.8 Å². The molecule has 1 atom stereocenters. The number of hydrogen-bond donors (Lipinski definition) is 0. The summed E-state index contributed by atoms with van der Waals surface area (Å²) in [6.07, 6.45) is 5.98. The minimum absolute atomic E-state index is 0.272. The maximum atomic E-state index is 5.86. The molecule has 0 aliphatic carbocycles. The van der Waals surface area contributed by atoms with Gasteiger partial charge in [0, 0.05) is 11.5 Å². The van der Waals surface area contributed by atoms with Gasteiger partial charge in [0.2, 0.25) is 0 Å². The molecule has 1 aromatic carbocycles. The third-order valence-electron chi connectivity index (χ3n) is 2.67. The van der Waals surface area contributed by atoms with E-state index in [-0.39, 0.29) is 6.10 Å². The summed E-state index contributed by atoms with van der Waals surface area (Å²) < 4.78 is 5.86. The van der Waals surface area contributed by atoms with E-state index in [1.165, 1.54) is 23.3 Å². The van der Waals surface area contributed by atoms with Gasteiger partial charge in [0.05, 0.1) is 6.10 Å². The van der Waals surface area contributed by atoms with Crippen molar-refractivity contribution in [2.75, 3.05) is 12.9 Å². The fraction of sp³-hybridized carbons (Fsp3) is 0.571. The first-order chi connectivity index (χ1) is 7.83. The fourth-order valence-corrected chi connectivity index (χ4v) is 2.50. The van der Waals surface area contributed by atoms with Gasteiger partial charge in [0.25, 0.3) is 0 Å². The highest BCUT2D eigenvalue weighted by Crippen LogP contribution is 2.31. The molecule has 0 N–H and O–H groups in total. The van der Waals surface area contributed by atoms with Crippen molar-refractivity contribution in [2.45, 2.75) is 44.1 Å². The molecule has 0 amide bonds. The molecule has 1 aromatic rings. The van der Waals surface area contributed by atoms with Crippen LogP contribution in [0.15, 0.2) is 29.2 Å². The van der Waals surface area contributed by atoms with Crippen LogP contribution in [0.3, 0.4) is 0 Å². The first kappa shape index (κ1) is 13.6. The van der Waals surface area contributed by atoms with E-state index in [0.29, 0.717) is 0 Å². The summed E-state index contributed by atoms with van der Waals surface area (Å²) in [5.41, 5.74) is 1.35. The lowest BCUT2D eigenvalue weighted by molar-refractivity contribution is 0.0528. The van der Waals surface area contributed by atoms with Crippen molar-refractivity contribution < 1.29 is 4.74 Å². The van der Waals surface area contributed by atoms with Crippen LogP contribution in [-0.4, -0.2) is 12.9 Å². The Hall–Kier alpha value is -0.470. The van der Waals surface area contributed by atoms with Crippen LogP contribution in [0.5, 0.6) is 0 Å². The third-order valence-corrected chi connectivity index (χ3v) is 3.49. The molecule has 0 aliphatic heterocycles. The molecule has 1 rings (SSSR count). The summed E-state index contributed by atoms with van der Waals surface area (Å²) >= 11 is 1.80. The van der Waals surface area contributed by atoms with Gasteiger partial charge in [-0.05, 0) is 31.2 Å². The lowest BCUT2D eigenvalue weighted by Gasteiger charge is -2.19. The van der Waals surface area contributed by atoms with Crippen molar-refractivity contribution in [3.63, 3.8) is 0 Å². The van der Waals surface area contributed by atoms with E-state index in [0.717, 1.165) is 13.0 Å². The topological polar surface area (TPSA) is 9.23 Å². The van der Waals surface area contributed by atoms with Gasteiger partial charge in [0.15, 0.2) is 0 Å². The van der Waals surface area contributed by atoms with E-state index in [9.17, 15) is 0 Å². The highest BCUT2D eigenvalue weighted by atomic mass is 32.2. The average molecular weight is 238 g/mol. The molecular formula is C14H22OS. The van der Waals surface area contributed by atoms with E-state index in [1.54, 1.807) is 11.8 Å². The van der Waals surface area contributed by atoms with Crippen molar-refractivity contribution in [3.05, 3.63) is 29.8 Å². The Bertz CT molecular complexity index is 299. The molecule has 1 unspecified atom stereocenters.